The van der Waals surface area contributed by atoms with Gasteiger partial charge in [-0.15, -0.1) is 0 Å². The minimum absolute atomic E-state index is 0.0115. The van der Waals surface area contributed by atoms with Gasteiger partial charge in [-0.1, -0.05) is 25.1 Å². The molecule has 16 heteroatoms. The molecule has 6 N–H and O–H groups in total. The molecule has 0 saturated heterocycles. The standard InChI is InChI=1S/C33H37N5O10S/c1-3-33(46)21-11-25-28-18(13-38(25)30(43)19(21)14-48-32(33)45)20(17-7-5-6-8-23(17)37-28)15-49-16-24(29(42)35-12-27(40)41)36-26(39)10-9-22(34)31(44)47-4-2/h5-8,11,22,24,46H,3-4,9-10,12-16,34H2,1-2H3,(H,35,42)(H,36,39)(H,40,41)/t22?,24?,33-/m0/s1. The number of esters is 2. The molecule has 0 fully saturated rings. The molecule has 2 aliphatic heterocycles. The van der Waals surface area contributed by atoms with Gasteiger partial charge in [-0.3, -0.25) is 24.0 Å². The number of pyridine rings is 2. The molecule has 2 unspecified atom stereocenters. The summed E-state index contributed by atoms with van der Waals surface area (Å²) in [5.74, 6) is -3.60. The van der Waals surface area contributed by atoms with Crippen LogP contribution in [0.25, 0.3) is 22.3 Å². The van der Waals surface area contributed by atoms with Crippen molar-refractivity contribution < 1.29 is 43.7 Å². The summed E-state index contributed by atoms with van der Waals surface area (Å²) in [7, 11) is 0. The van der Waals surface area contributed by atoms with Gasteiger partial charge in [-0.2, -0.15) is 11.8 Å². The van der Waals surface area contributed by atoms with Crippen LogP contribution >= 0.6 is 11.8 Å². The summed E-state index contributed by atoms with van der Waals surface area (Å²) in [5, 5.41) is 26.0. The van der Waals surface area contributed by atoms with Gasteiger partial charge in [-0.25, -0.2) is 9.78 Å². The molecular weight excluding hydrogens is 658 g/mol. The van der Waals surface area contributed by atoms with Crippen LogP contribution < -0.4 is 21.9 Å². The number of aromatic nitrogens is 2. The Morgan fingerprint density at radius 3 is 2.65 bits per heavy atom. The van der Waals surface area contributed by atoms with Crippen molar-refractivity contribution in [2.45, 2.75) is 69.7 Å². The van der Waals surface area contributed by atoms with Crippen LogP contribution in [0.3, 0.4) is 0 Å². The third-order valence-electron chi connectivity index (χ3n) is 8.58. The number of thioether (sulfide) groups is 1. The van der Waals surface area contributed by atoms with E-state index in [2.05, 4.69) is 10.6 Å². The molecule has 15 nitrogen and oxygen atoms in total. The average Bonchev–Trinajstić information content (AvgIpc) is 3.45. The van der Waals surface area contributed by atoms with E-state index in [-0.39, 0.29) is 55.9 Å². The molecular formula is C33H37N5O10S. The van der Waals surface area contributed by atoms with E-state index < -0.39 is 59.5 Å². The fraction of sp³-hybridized carbons (Fsp3) is 0.424. The number of nitrogens with one attached hydrogen (secondary N) is 2. The number of hydrogen-bond donors (Lipinski definition) is 5. The summed E-state index contributed by atoms with van der Waals surface area (Å²) in [6.07, 6.45) is -0.177. The highest BCUT2D eigenvalue weighted by molar-refractivity contribution is 7.98. The van der Waals surface area contributed by atoms with Crippen LogP contribution in [0.5, 0.6) is 0 Å². The van der Waals surface area contributed by atoms with Crippen molar-refractivity contribution in [2.24, 2.45) is 5.73 Å². The third kappa shape index (κ3) is 7.16. The number of rotatable bonds is 14. The highest BCUT2D eigenvalue weighted by Gasteiger charge is 2.45. The number of fused-ring (bicyclic) bond motifs is 5. The van der Waals surface area contributed by atoms with Crippen LogP contribution in [0.2, 0.25) is 0 Å². The maximum Gasteiger partial charge on any atom is 0.343 e. The van der Waals surface area contributed by atoms with Gasteiger partial charge in [0, 0.05) is 34.4 Å². The Morgan fingerprint density at radius 2 is 1.94 bits per heavy atom. The second kappa shape index (κ2) is 14.8. The molecule has 49 heavy (non-hydrogen) atoms. The fourth-order valence-corrected chi connectivity index (χ4v) is 7.07. The number of amides is 2. The molecule has 0 bridgehead atoms. The van der Waals surface area contributed by atoms with Crippen LogP contribution in [-0.2, 0) is 58.0 Å². The number of nitrogens with zero attached hydrogens (tertiary/aromatic N) is 2. The lowest BCUT2D eigenvalue weighted by Crippen LogP contribution is -2.49. The van der Waals surface area contributed by atoms with Gasteiger partial charge >= 0.3 is 17.9 Å². The second-order valence-corrected chi connectivity index (χ2v) is 12.7. The number of carbonyl (C=O) groups is 5. The van der Waals surface area contributed by atoms with E-state index in [0.717, 1.165) is 16.5 Å². The van der Waals surface area contributed by atoms with Crippen molar-refractivity contribution in [3.63, 3.8) is 0 Å². The predicted molar refractivity (Wildman–Crippen MR) is 177 cm³/mol. The highest BCUT2D eigenvalue weighted by Crippen LogP contribution is 2.41. The van der Waals surface area contributed by atoms with Crippen molar-refractivity contribution in [1.82, 2.24) is 20.2 Å². The van der Waals surface area contributed by atoms with Gasteiger partial charge in [0.2, 0.25) is 11.8 Å². The Morgan fingerprint density at radius 1 is 1.18 bits per heavy atom. The van der Waals surface area contributed by atoms with Crippen LogP contribution in [0.1, 0.15) is 55.4 Å². The SMILES string of the molecule is CCOC(=O)C(N)CCC(=O)NC(CSCc1c2c(nc3ccccc13)-c1cc3c(c(=O)n1C2)COC(=O)[C@]3(O)CC)C(=O)NCC(=O)O. The van der Waals surface area contributed by atoms with E-state index in [1.807, 2.05) is 24.3 Å². The maximum atomic E-state index is 13.7. The first-order chi connectivity index (χ1) is 23.4. The zero-order chi connectivity index (χ0) is 35.5. The maximum absolute atomic E-state index is 13.7. The second-order valence-electron chi connectivity index (χ2n) is 11.7. The number of aliphatic hydroxyl groups is 1. The largest absolute Gasteiger partial charge is 0.480 e. The molecule has 2 aliphatic rings. The van der Waals surface area contributed by atoms with Crippen LogP contribution in [0.4, 0.5) is 0 Å². The number of cyclic esters (lactones) is 1. The highest BCUT2D eigenvalue weighted by atomic mass is 32.2. The first-order valence-corrected chi connectivity index (χ1v) is 16.9. The minimum Gasteiger partial charge on any atom is -0.480 e. The molecule has 2 aromatic heterocycles. The van der Waals surface area contributed by atoms with Gasteiger partial charge in [0.25, 0.3) is 5.56 Å². The van der Waals surface area contributed by atoms with Crippen molar-refractivity contribution >= 4 is 52.4 Å². The van der Waals surface area contributed by atoms with Crippen LogP contribution in [0, 0.1) is 0 Å². The van der Waals surface area contributed by atoms with E-state index in [4.69, 9.17) is 25.3 Å². The molecule has 0 radical (unpaired) electrons. The number of benzene rings is 1. The molecule has 3 atom stereocenters. The number of aliphatic carboxylic acids is 1. The first kappa shape index (κ1) is 35.5. The van der Waals surface area contributed by atoms with E-state index in [9.17, 15) is 33.9 Å². The molecule has 0 aliphatic carbocycles. The summed E-state index contributed by atoms with van der Waals surface area (Å²) in [6.45, 7) is 2.67. The van der Waals surface area contributed by atoms with Crippen molar-refractivity contribution in [2.75, 3.05) is 18.9 Å². The lowest BCUT2D eigenvalue weighted by Gasteiger charge is -2.31. The van der Waals surface area contributed by atoms with E-state index >= 15 is 0 Å². The minimum atomic E-state index is -1.97. The third-order valence-corrected chi connectivity index (χ3v) is 9.64. The van der Waals surface area contributed by atoms with E-state index in [1.54, 1.807) is 24.5 Å². The van der Waals surface area contributed by atoms with Gasteiger partial charge in [-0.05, 0) is 37.5 Å². The lowest BCUT2D eigenvalue weighted by molar-refractivity contribution is -0.172. The summed E-state index contributed by atoms with van der Waals surface area (Å²) >= 11 is 1.31. The average molecular weight is 696 g/mol. The summed E-state index contributed by atoms with van der Waals surface area (Å²) < 4.78 is 11.6. The molecule has 2 amide bonds. The summed E-state index contributed by atoms with van der Waals surface area (Å²) in [5.41, 5.74) is 7.05. The summed E-state index contributed by atoms with van der Waals surface area (Å²) in [6, 6.07) is 6.89. The molecule has 3 aromatic rings. The number of carbonyl (C=O) groups excluding carboxylic acids is 4. The number of carboxylic acids is 1. The Labute approximate surface area is 284 Å². The van der Waals surface area contributed by atoms with Gasteiger partial charge < -0.3 is 40.6 Å². The van der Waals surface area contributed by atoms with E-state index in [0.29, 0.717) is 22.7 Å². The van der Waals surface area contributed by atoms with Crippen LogP contribution in [-0.4, -0.2) is 80.5 Å². The molecule has 4 heterocycles. The van der Waals surface area contributed by atoms with Gasteiger partial charge in [0.15, 0.2) is 5.60 Å². The number of nitrogens with two attached hydrogens (primary N) is 1. The number of ether oxygens (including phenoxy) is 2. The van der Waals surface area contributed by atoms with Gasteiger partial charge in [0.1, 0.15) is 25.2 Å². The topological polar surface area (TPSA) is 229 Å². The first-order valence-electron chi connectivity index (χ1n) is 15.8. The predicted octanol–water partition coefficient (Wildman–Crippen LogP) is 0.669. The molecule has 5 rings (SSSR count). The lowest BCUT2D eigenvalue weighted by atomic mass is 9.86. The molecule has 1 aromatic carbocycles. The van der Waals surface area contributed by atoms with Crippen LogP contribution in [0.15, 0.2) is 35.1 Å². The Balaban J connectivity index is 1.41. The molecule has 0 spiro atoms. The Hall–Kier alpha value is -4.80. The Bertz CT molecular complexity index is 1900. The number of hydrogen-bond acceptors (Lipinski definition) is 12. The van der Waals surface area contributed by atoms with Crippen molar-refractivity contribution in [1.29, 1.82) is 0 Å². The normalized spacial score (nSPS) is 17.3. The zero-order valence-corrected chi connectivity index (χ0v) is 27.8. The molecule has 260 valence electrons. The van der Waals surface area contributed by atoms with Gasteiger partial charge in [0.05, 0.1) is 35.6 Å². The van der Waals surface area contributed by atoms with Crippen molar-refractivity contribution in [3.8, 4) is 11.4 Å². The summed E-state index contributed by atoms with van der Waals surface area (Å²) in [4.78, 5) is 79.8. The van der Waals surface area contributed by atoms with E-state index in [1.165, 1.54) is 11.8 Å². The monoisotopic (exact) mass is 695 g/mol. The van der Waals surface area contributed by atoms with Crippen molar-refractivity contribution in [3.05, 3.63) is 62.9 Å². The zero-order valence-electron chi connectivity index (χ0n) is 26.9. The smallest absolute Gasteiger partial charge is 0.343 e. The number of carboxylic acid groups (broad SMARTS) is 1. The molecule has 0 saturated carbocycles. The Kier molecular flexibility index (Phi) is 10.7. The quantitative estimate of drug-likeness (QED) is 0.114. The number of para-hydroxylation sites is 1. The fourth-order valence-electron chi connectivity index (χ4n) is 5.95.